The van der Waals surface area contributed by atoms with Gasteiger partial charge in [0.25, 0.3) is 0 Å². The van der Waals surface area contributed by atoms with Crippen LogP contribution in [-0.2, 0) is 17.7 Å². The fourth-order valence-electron chi connectivity index (χ4n) is 5.87. The van der Waals surface area contributed by atoms with E-state index in [1.165, 1.54) is 24.1 Å². The normalized spacial score (nSPS) is 23.6. The Labute approximate surface area is 201 Å². The molecule has 5 heterocycles. The Balaban J connectivity index is 1.15. The predicted octanol–water partition coefficient (Wildman–Crippen LogP) is 2.79. The highest BCUT2D eigenvalue weighted by molar-refractivity contribution is 5.48. The summed E-state index contributed by atoms with van der Waals surface area (Å²) in [6, 6.07) is 6.65. The third-order valence-corrected chi connectivity index (χ3v) is 7.72. The summed E-state index contributed by atoms with van der Waals surface area (Å²) in [5.41, 5.74) is 4.69. The summed E-state index contributed by atoms with van der Waals surface area (Å²) in [6.07, 6.45) is 10.7. The van der Waals surface area contributed by atoms with Gasteiger partial charge in [-0.1, -0.05) is 6.07 Å². The minimum Gasteiger partial charge on any atom is -0.381 e. The van der Waals surface area contributed by atoms with E-state index >= 15 is 0 Å². The fourth-order valence-corrected chi connectivity index (χ4v) is 5.87. The van der Waals surface area contributed by atoms with Crippen molar-refractivity contribution in [3.8, 4) is 0 Å². The Morgan fingerprint density at radius 2 is 2.00 bits per heavy atom. The zero-order valence-corrected chi connectivity index (χ0v) is 20.1. The highest BCUT2D eigenvalue weighted by Crippen LogP contribution is 2.32. The minimum absolute atomic E-state index is 0.353. The van der Waals surface area contributed by atoms with Crippen LogP contribution in [0.5, 0.6) is 0 Å². The molecule has 2 saturated heterocycles. The van der Waals surface area contributed by atoms with E-state index in [2.05, 4.69) is 44.5 Å². The number of piperazine rings is 1. The van der Waals surface area contributed by atoms with E-state index in [0.717, 1.165) is 82.6 Å². The van der Waals surface area contributed by atoms with E-state index in [0.29, 0.717) is 12.0 Å². The number of hydrogen-bond donors (Lipinski definition) is 0. The molecule has 3 aromatic heterocycles. The van der Waals surface area contributed by atoms with E-state index in [4.69, 9.17) is 19.7 Å². The number of rotatable bonds is 6. The lowest BCUT2D eigenvalue weighted by atomic mass is 9.91. The van der Waals surface area contributed by atoms with Crippen LogP contribution in [0.1, 0.15) is 42.3 Å². The smallest absolute Gasteiger partial charge is 0.211 e. The zero-order valence-electron chi connectivity index (χ0n) is 20.1. The quantitative estimate of drug-likeness (QED) is 0.559. The lowest BCUT2D eigenvalue weighted by molar-refractivity contribution is 0.164. The maximum absolute atomic E-state index is 5.56. The molecule has 3 aliphatic rings. The molecule has 0 N–H and O–H groups in total. The summed E-state index contributed by atoms with van der Waals surface area (Å²) in [5, 5.41) is 0. The van der Waals surface area contributed by atoms with Gasteiger partial charge in [-0.2, -0.15) is 0 Å². The lowest BCUT2D eigenvalue weighted by Crippen LogP contribution is -2.48. The van der Waals surface area contributed by atoms with Gasteiger partial charge in [0.15, 0.2) is 0 Å². The van der Waals surface area contributed by atoms with Crippen LogP contribution in [0.4, 0.5) is 5.95 Å². The fraction of sp³-hybridized carbons (Fsp3) is 0.577. The molecule has 8 nitrogen and oxygen atoms in total. The van der Waals surface area contributed by atoms with Gasteiger partial charge in [0.05, 0.1) is 24.0 Å². The first-order valence-corrected chi connectivity index (χ1v) is 12.8. The van der Waals surface area contributed by atoms with Crippen molar-refractivity contribution in [2.75, 3.05) is 57.9 Å². The van der Waals surface area contributed by atoms with Crippen LogP contribution in [0.25, 0.3) is 5.65 Å². The van der Waals surface area contributed by atoms with E-state index in [1.54, 1.807) is 0 Å². The summed E-state index contributed by atoms with van der Waals surface area (Å²) in [7, 11) is 2.20. The third kappa shape index (κ3) is 4.42. The van der Waals surface area contributed by atoms with Crippen molar-refractivity contribution >= 4 is 11.6 Å². The van der Waals surface area contributed by atoms with Crippen LogP contribution in [0.15, 0.2) is 36.8 Å². The standard InChI is InChI=1S/C26H35N7O/c1-30(23-6-2-4-21-5-3-9-27-25(21)23)17-22-18-33-24(29-22)7-10-28-26(33)32-13-11-31(12-14-32)16-20-8-15-34-19-20/h3,5,7,9-10,18,20,23H,2,4,6,8,11-17,19H2,1H3/t20?,23-/m0/s1. The molecule has 0 radical (unpaired) electrons. The summed E-state index contributed by atoms with van der Waals surface area (Å²) in [4.78, 5) is 21.8. The highest BCUT2D eigenvalue weighted by atomic mass is 16.5. The van der Waals surface area contributed by atoms with Gasteiger partial charge < -0.3 is 9.64 Å². The second-order valence-electron chi connectivity index (χ2n) is 10.1. The van der Waals surface area contributed by atoms with Gasteiger partial charge in [-0.05, 0) is 56.3 Å². The highest BCUT2D eigenvalue weighted by Gasteiger charge is 2.27. The topological polar surface area (TPSA) is 62.0 Å². The number of aromatic nitrogens is 4. The molecule has 2 atom stereocenters. The Hall–Kier alpha value is -2.55. The molecule has 2 fully saturated rings. The van der Waals surface area contributed by atoms with Crippen molar-refractivity contribution in [3.63, 3.8) is 0 Å². The first-order chi connectivity index (χ1) is 16.7. The Bertz CT molecular complexity index is 1120. The van der Waals surface area contributed by atoms with E-state index < -0.39 is 0 Å². The molecule has 6 rings (SSSR count). The number of ether oxygens (including phenoxy) is 1. The number of anilines is 1. The molecule has 34 heavy (non-hydrogen) atoms. The molecule has 0 spiro atoms. The number of nitrogens with zero attached hydrogens (tertiary/aromatic N) is 7. The first-order valence-electron chi connectivity index (χ1n) is 12.8. The van der Waals surface area contributed by atoms with Crippen LogP contribution in [0, 0.1) is 5.92 Å². The maximum atomic E-state index is 5.56. The lowest BCUT2D eigenvalue weighted by Gasteiger charge is -2.36. The van der Waals surface area contributed by atoms with Crippen molar-refractivity contribution in [2.24, 2.45) is 5.92 Å². The molecule has 8 heteroatoms. The van der Waals surface area contributed by atoms with E-state index in [1.807, 2.05) is 18.5 Å². The molecule has 0 saturated carbocycles. The minimum atomic E-state index is 0.353. The van der Waals surface area contributed by atoms with Crippen LogP contribution in [0.3, 0.4) is 0 Å². The first kappa shape index (κ1) is 21.9. The Morgan fingerprint density at radius 1 is 1.09 bits per heavy atom. The number of pyridine rings is 1. The van der Waals surface area contributed by atoms with Gasteiger partial charge in [-0.15, -0.1) is 0 Å². The van der Waals surface area contributed by atoms with Crippen LogP contribution < -0.4 is 4.90 Å². The Morgan fingerprint density at radius 3 is 2.85 bits per heavy atom. The summed E-state index contributed by atoms with van der Waals surface area (Å²) in [5.74, 6) is 1.71. The van der Waals surface area contributed by atoms with Gasteiger partial charge in [0, 0.05) is 64.5 Å². The maximum Gasteiger partial charge on any atom is 0.211 e. The molecule has 3 aromatic rings. The van der Waals surface area contributed by atoms with Crippen molar-refractivity contribution in [3.05, 3.63) is 53.7 Å². The zero-order chi connectivity index (χ0) is 22.9. The Kier molecular flexibility index (Phi) is 6.20. The largest absolute Gasteiger partial charge is 0.381 e. The molecular weight excluding hydrogens is 426 g/mol. The third-order valence-electron chi connectivity index (χ3n) is 7.72. The summed E-state index contributed by atoms with van der Waals surface area (Å²) < 4.78 is 7.74. The molecule has 1 unspecified atom stereocenters. The van der Waals surface area contributed by atoms with Crippen molar-refractivity contribution in [1.82, 2.24) is 29.2 Å². The second kappa shape index (κ2) is 9.60. The van der Waals surface area contributed by atoms with Gasteiger partial charge in [0.2, 0.25) is 5.95 Å². The van der Waals surface area contributed by atoms with Crippen LogP contribution >= 0.6 is 0 Å². The summed E-state index contributed by atoms with van der Waals surface area (Å²) >= 11 is 0. The number of aryl methyl sites for hydroxylation is 1. The number of imidazole rings is 1. The molecule has 0 aromatic carbocycles. The van der Waals surface area contributed by atoms with Gasteiger partial charge in [-0.25, -0.2) is 9.97 Å². The molecule has 0 amide bonds. The molecule has 180 valence electrons. The van der Waals surface area contributed by atoms with Gasteiger partial charge in [0.1, 0.15) is 5.65 Å². The summed E-state index contributed by atoms with van der Waals surface area (Å²) in [6.45, 7) is 7.97. The SMILES string of the molecule is CN(Cc1cn2c(N3CCN(CC4CCOC4)CC3)nccc2n1)[C@H]1CCCc2cccnc21. The molecule has 2 aliphatic heterocycles. The molecule has 0 bridgehead atoms. The molecule has 1 aliphatic carbocycles. The van der Waals surface area contributed by atoms with Gasteiger partial charge >= 0.3 is 0 Å². The average Bonchev–Trinajstić information content (AvgIpc) is 3.53. The monoisotopic (exact) mass is 461 g/mol. The van der Waals surface area contributed by atoms with Crippen molar-refractivity contribution < 1.29 is 4.74 Å². The van der Waals surface area contributed by atoms with Crippen molar-refractivity contribution in [2.45, 2.75) is 38.3 Å². The van der Waals surface area contributed by atoms with Gasteiger partial charge in [-0.3, -0.25) is 19.2 Å². The van der Waals surface area contributed by atoms with Crippen LogP contribution in [0.2, 0.25) is 0 Å². The predicted molar refractivity (Wildman–Crippen MR) is 132 cm³/mol. The van der Waals surface area contributed by atoms with Crippen LogP contribution in [-0.4, -0.2) is 82.1 Å². The van der Waals surface area contributed by atoms with E-state index in [-0.39, 0.29) is 0 Å². The van der Waals surface area contributed by atoms with E-state index in [9.17, 15) is 0 Å². The average molecular weight is 462 g/mol. The second-order valence-corrected chi connectivity index (χ2v) is 10.1. The molecular formula is C26H35N7O. The number of fused-ring (bicyclic) bond motifs is 2. The van der Waals surface area contributed by atoms with Crippen molar-refractivity contribution in [1.29, 1.82) is 0 Å². The number of hydrogen-bond acceptors (Lipinski definition) is 7.